The summed E-state index contributed by atoms with van der Waals surface area (Å²) in [7, 11) is 0. The van der Waals surface area contributed by atoms with Crippen LogP contribution in [0.5, 0.6) is 5.75 Å². The van der Waals surface area contributed by atoms with Gasteiger partial charge in [0.25, 0.3) is 5.91 Å². The highest BCUT2D eigenvalue weighted by atomic mass is 35.5. The third-order valence-corrected chi connectivity index (χ3v) is 4.73. The summed E-state index contributed by atoms with van der Waals surface area (Å²) in [6.45, 7) is 3.43. The van der Waals surface area contributed by atoms with Crippen molar-refractivity contribution in [2.45, 2.75) is 25.9 Å². The fourth-order valence-corrected chi connectivity index (χ4v) is 3.18. The van der Waals surface area contributed by atoms with Crippen LogP contribution < -0.4 is 10.1 Å². The number of aromatic carboxylic acids is 1. The summed E-state index contributed by atoms with van der Waals surface area (Å²) >= 11 is 0. The van der Waals surface area contributed by atoms with Gasteiger partial charge < -0.3 is 20.1 Å². The van der Waals surface area contributed by atoms with E-state index in [1.54, 1.807) is 43.3 Å². The van der Waals surface area contributed by atoms with E-state index in [9.17, 15) is 14.7 Å². The van der Waals surface area contributed by atoms with Crippen LogP contribution in [-0.4, -0.2) is 46.9 Å². The molecular weight excluding hydrogens is 429 g/mol. The normalized spacial score (nSPS) is 13.4. The van der Waals surface area contributed by atoms with Crippen molar-refractivity contribution in [3.8, 4) is 5.75 Å². The Labute approximate surface area is 187 Å². The van der Waals surface area contributed by atoms with Gasteiger partial charge in [-0.05, 0) is 43.3 Å². The number of amidine groups is 1. The van der Waals surface area contributed by atoms with Crippen LogP contribution in [0, 0.1) is 5.41 Å². The maximum atomic E-state index is 12.4. The van der Waals surface area contributed by atoms with Crippen molar-refractivity contribution in [1.29, 1.82) is 5.41 Å². The summed E-state index contributed by atoms with van der Waals surface area (Å²) in [4.78, 5) is 25.7. The molecule has 0 aliphatic carbocycles. The standard InChI is InChI=1S/C21H23N3O4.2ClH/c1-14(22)24-12-10-17(11-13-24)28-16-8-6-15(7-9-16)23-20(25)18-4-2-3-5-19(18)21(26)27;;/h2-9,17,22H,10-13H2,1H3,(H,23,25)(H,26,27);2*1H. The summed E-state index contributed by atoms with van der Waals surface area (Å²) in [6, 6.07) is 13.1. The quantitative estimate of drug-likeness (QED) is 0.461. The second-order valence-corrected chi connectivity index (χ2v) is 6.72. The lowest BCUT2D eigenvalue weighted by Gasteiger charge is -2.32. The van der Waals surface area contributed by atoms with Crippen LogP contribution in [0.3, 0.4) is 0 Å². The molecule has 0 radical (unpaired) electrons. The van der Waals surface area contributed by atoms with E-state index in [2.05, 4.69) is 5.32 Å². The van der Waals surface area contributed by atoms with E-state index in [1.165, 1.54) is 12.1 Å². The zero-order chi connectivity index (χ0) is 20.1. The first-order valence-corrected chi connectivity index (χ1v) is 9.14. The number of carbonyl (C=O) groups is 2. The molecular formula is C21H25Cl2N3O4. The lowest BCUT2D eigenvalue weighted by Crippen LogP contribution is -2.40. The van der Waals surface area contributed by atoms with E-state index < -0.39 is 11.9 Å². The molecule has 2 aromatic rings. The highest BCUT2D eigenvalue weighted by molar-refractivity contribution is 6.10. The first-order valence-electron chi connectivity index (χ1n) is 9.14. The molecule has 1 saturated heterocycles. The maximum absolute atomic E-state index is 12.4. The molecule has 0 spiro atoms. The minimum absolute atomic E-state index is 0. The monoisotopic (exact) mass is 453 g/mol. The van der Waals surface area contributed by atoms with E-state index in [0.29, 0.717) is 17.3 Å². The van der Waals surface area contributed by atoms with Gasteiger partial charge in [-0.25, -0.2) is 4.79 Å². The number of nitrogens with zero attached hydrogens (tertiary/aromatic N) is 1. The molecule has 3 rings (SSSR count). The number of carbonyl (C=O) groups excluding carboxylic acids is 1. The van der Waals surface area contributed by atoms with Gasteiger partial charge in [-0.2, -0.15) is 0 Å². The second-order valence-electron chi connectivity index (χ2n) is 6.72. The van der Waals surface area contributed by atoms with E-state index in [0.717, 1.165) is 25.9 Å². The Balaban J connectivity index is 0.00000225. The molecule has 0 unspecified atom stereocenters. The van der Waals surface area contributed by atoms with Gasteiger partial charge in [0.15, 0.2) is 0 Å². The molecule has 2 aromatic carbocycles. The number of carboxylic acid groups (broad SMARTS) is 1. The lowest BCUT2D eigenvalue weighted by molar-refractivity contribution is 0.0692. The number of hydrogen-bond acceptors (Lipinski definition) is 4. The fourth-order valence-electron chi connectivity index (χ4n) is 3.18. The summed E-state index contributed by atoms with van der Waals surface area (Å²) in [5.74, 6) is -0.309. The van der Waals surface area contributed by atoms with Gasteiger partial charge in [0.2, 0.25) is 0 Å². The molecule has 0 saturated carbocycles. The van der Waals surface area contributed by atoms with E-state index in [-0.39, 0.29) is 42.0 Å². The van der Waals surface area contributed by atoms with E-state index in [1.807, 2.05) is 4.90 Å². The van der Waals surface area contributed by atoms with Gasteiger partial charge in [0.05, 0.1) is 17.0 Å². The van der Waals surface area contributed by atoms with Gasteiger partial charge >= 0.3 is 5.97 Å². The number of hydrogen-bond donors (Lipinski definition) is 3. The Morgan fingerprint density at radius 2 is 1.60 bits per heavy atom. The smallest absolute Gasteiger partial charge is 0.336 e. The number of rotatable bonds is 5. The minimum Gasteiger partial charge on any atom is -0.490 e. The predicted octanol–water partition coefficient (Wildman–Crippen LogP) is 4.32. The van der Waals surface area contributed by atoms with Crippen LogP contribution in [0.2, 0.25) is 0 Å². The number of carboxylic acids is 1. The van der Waals surface area contributed by atoms with Crippen molar-refractivity contribution >= 4 is 48.2 Å². The number of amides is 1. The topological polar surface area (TPSA) is 103 Å². The SMILES string of the molecule is CC(=N)N1CCC(Oc2ccc(NC(=O)c3ccccc3C(=O)O)cc2)CC1.Cl.Cl. The van der Waals surface area contributed by atoms with E-state index >= 15 is 0 Å². The predicted molar refractivity (Wildman–Crippen MR) is 121 cm³/mol. The first-order chi connectivity index (χ1) is 13.4. The number of likely N-dealkylation sites (tertiary alicyclic amines) is 1. The van der Waals surface area contributed by atoms with Gasteiger partial charge in [0, 0.05) is 31.6 Å². The molecule has 1 fully saturated rings. The lowest BCUT2D eigenvalue weighted by atomic mass is 10.1. The minimum atomic E-state index is -1.14. The summed E-state index contributed by atoms with van der Waals surface area (Å²) in [5, 5.41) is 19.6. The summed E-state index contributed by atoms with van der Waals surface area (Å²) in [5.41, 5.74) is 0.641. The highest BCUT2D eigenvalue weighted by Gasteiger charge is 2.21. The van der Waals surface area contributed by atoms with Gasteiger partial charge in [-0.1, -0.05) is 12.1 Å². The van der Waals surface area contributed by atoms with E-state index in [4.69, 9.17) is 10.1 Å². The second kappa shape index (κ2) is 11.4. The average Bonchev–Trinajstić information content (AvgIpc) is 2.70. The van der Waals surface area contributed by atoms with Crippen LogP contribution in [0.4, 0.5) is 5.69 Å². The van der Waals surface area contributed by atoms with Crippen molar-refractivity contribution in [3.63, 3.8) is 0 Å². The number of anilines is 1. The van der Waals surface area contributed by atoms with Crippen molar-refractivity contribution in [2.75, 3.05) is 18.4 Å². The van der Waals surface area contributed by atoms with Crippen molar-refractivity contribution in [1.82, 2.24) is 4.90 Å². The van der Waals surface area contributed by atoms with Gasteiger partial charge in [-0.15, -0.1) is 24.8 Å². The van der Waals surface area contributed by atoms with Crippen LogP contribution in [0.25, 0.3) is 0 Å². The molecule has 0 bridgehead atoms. The number of nitrogens with one attached hydrogen (secondary N) is 2. The zero-order valence-corrected chi connectivity index (χ0v) is 18.1. The molecule has 7 nitrogen and oxygen atoms in total. The molecule has 1 heterocycles. The number of benzene rings is 2. The largest absolute Gasteiger partial charge is 0.490 e. The maximum Gasteiger partial charge on any atom is 0.336 e. The third kappa shape index (κ3) is 6.37. The fraction of sp³-hybridized carbons (Fsp3) is 0.286. The Morgan fingerprint density at radius 3 is 2.13 bits per heavy atom. The molecule has 162 valence electrons. The van der Waals surface area contributed by atoms with Crippen LogP contribution >= 0.6 is 24.8 Å². The van der Waals surface area contributed by atoms with Crippen LogP contribution in [-0.2, 0) is 0 Å². The molecule has 9 heteroatoms. The van der Waals surface area contributed by atoms with Crippen LogP contribution in [0.1, 0.15) is 40.5 Å². The van der Waals surface area contributed by atoms with Crippen LogP contribution in [0.15, 0.2) is 48.5 Å². The zero-order valence-electron chi connectivity index (χ0n) is 16.5. The number of ether oxygens (including phenoxy) is 1. The summed E-state index contributed by atoms with van der Waals surface area (Å²) < 4.78 is 5.99. The molecule has 30 heavy (non-hydrogen) atoms. The molecule has 1 amide bonds. The van der Waals surface area contributed by atoms with Crippen molar-refractivity contribution in [2.24, 2.45) is 0 Å². The summed E-state index contributed by atoms with van der Waals surface area (Å²) in [6.07, 6.45) is 1.83. The molecule has 0 atom stereocenters. The molecule has 1 aliphatic rings. The Morgan fingerprint density at radius 1 is 1.03 bits per heavy atom. The van der Waals surface area contributed by atoms with Crippen molar-refractivity contribution in [3.05, 3.63) is 59.7 Å². The average molecular weight is 454 g/mol. The molecule has 0 aromatic heterocycles. The number of halogens is 2. The third-order valence-electron chi connectivity index (χ3n) is 4.73. The first kappa shape index (κ1) is 25.3. The molecule has 1 aliphatic heterocycles. The van der Waals surface area contributed by atoms with Gasteiger partial charge in [-0.3, -0.25) is 10.2 Å². The highest BCUT2D eigenvalue weighted by Crippen LogP contribution is 2.22. The number of piperidine rings is 1. The Bertz CT molecular complexity index is 882. The Kier molecular flexibility index (Phi) is 9.62. The van der Waals surface area contributed by atoms with Gasteiger partial charge in [0.1, 0.15) is 11.9 Å². The van der Waals surface area contributed by atoms with Crippen molar-refractivity contribution < 1.29 is 19.4 Å². The molecule has 3 N–H and O–H groups in total. The Hall–Kier alpha value is -2.77.